The van der Waals surface area contributed by atoms with Crippen LogP contribution >= 0.6 is 0 Å². The first-order valence-electron chi connectivity index (χ1n) is 5.74. The van der Waals surface area contributed by atoms with Crippen LogP contribution in [0.5, 0.6) is 0 Å². The highest BCUT2D eigenvalue weighted by molar-refractivity contribution is 5.79. The molecule has 0 aliphatic carbocycles. The van der Waals surface area contributed by atoms with Crippen LogP contribution in [-0.4, -0.2) is 62.6 Å². The maximum Gasteiger partial charge on any atom is 0.0958 e. The second kappa shape index (κ2) is 6.80. The molecule has 1 fully saturated rings. The Hall–Kier alpha value is -0.610. The number of likely N-dealkylation sites (tertiary alicyclic amines) is 1. The fourth-order valence-electron chi connectivity index (χ4n) is 1.79. The van der Waals surface area contributed by atoms with Gasteiger partial charge in [-0.15, -0.1) is 0 Å². The molecule has 88 valence electrons. The number of piperidine rings is 1. The average Bonchev–Trinajstić information content (AvgIpc) is 2.25. The molecule has 0 spiro atoms. The summed E-state index contributed by atoms with van der Waals surface area (Å²) in [7, 11) is 3.83. The van der Waals surface area contributed by atoms with Gasteiger partial charge in [0.05, 0.1) is 12.4 Å². The topological polar surface area (TPSA) is 39.6 Å². The molecule has 1 rings (SSSR count). The summed E-state index contributed by atoms with van der Waals surface area (Å²) in [4.78, 5) is 4.46. The molecule has 0 saturated carbocycles. The van der Waals surface area contributed by atoms with Crippen molar-refractivity contribution in [1.29, 1.82) is 5.41 Å². The van der Waals surface area contributed by atoms with Gasteiger partial charge >= 0.3 is 0 Å². The minimum absolute atomic E-state index is 0.786. The molecule has 0 radical (unpaired) electrons. The van der Waals surface area contributed by atoms with Crippen LogP contribution in [0.2, 0.25) is 0 Å². The summed E-state index contributed by atoms with van der Waals surface area (Å²) in [6.07, 6.45) is 3.39. The molecular weight excluding hydrogens is 190 g/mol. The number of rotatable bonds is 6. The Kier molecular flexibility index (Phi) is 5.65. The first-order valence-corrected chi connectivity index (χ1v) is 5.74. The molecule has 1 N–H and O–H groups in total. The Labute approximate surface area is 92.7 Å². The first kappa shape index (κ1) is 12.5. The number of amidine groups is 1. The van der Waals surface area contributed by atoms with Crippen molar-refractivity contribution in [2.45, 2.75) is 19.3 Å². The van der Waals surface area contributed by atoms with Crippen LogP contribution in [-0.2, 0) is 4.74 Å². The predicted molar refractivity (Wildman–Crippen MR) is 62.5 cm³/mol. The van der Waals surface area contributed by atoms with E-state index < -0.39 is 0 Å². The molecule has 0 aromatic carbocycles. The van der Waals surface area contributed by atoms with E-state index in [-0.39, 0.29) is 0 Å². The van der Waals surface area contributed by atoms with Crippen molar-refractivity contribution >= 4 is 5.84 Å². The third-order valence-corrected chi connectivity index (χ3v) is 2.90. The van der Waals surface area contributed by atoms with Gasteiger partial charge in [-0.25, -0.2) is 0 Å². The van der Waals surface area contributed by atoms with Crippen LogP contribution in [0.25, 0.3) is 0 Å². The highest BCUT2D eigenvalue weighted by Gasteiger charge is 2.14. The second-order valence-corrected chi connectivity index (χ2v) is 4.19. The zero-order valence-electron chi connectivity index (χ0n) is 9.96. The van der Waals surface area contributed by atoms with E-state index in [9.17, 15) is 0 Å². The van der Waals surface area contributed by atoms with E-state index in [1.54, 1.807) is 7.11 Å². The van der Waals surface area contributed by atoms with Crippen molar-refractivity contribution in [1.82, 2.24) is 9.80 Å². The lowest BCUT2D eigenvalue weighted by atomic mass is 10.1. The van der Waals surface area contributed by atoms with Gasteiger partial charge in [-0.1, -0.05) is 0 Å². The lowest BCUT2D eigenvalue weighted by Crippen LogP contribution is -2.40. The molecule has 1 aliphatic rings. The number of ether oxygens (including phenoxy) is 1. The van der Waals surface area contributed by atoms with Gasteiger partial charge in [-0.2, -0.15) is 0 Å². The van der Waals surface area contributed by atoms with Crippen molar-refractivity contribution < 1.29 is 4.74 Å². The predicted octanol–water partition coefficient (Wildman–Crippen LogP) is 1.03. The minimum Gasteiger partial charge on any atom is -0.383 e. The number of hydrogen-bond acceptors (Lipinski definition) is 3. The van der Waals surface area contributed by atoms with E-state index in [0.29, 0.717) is 0 Å². The molecule has 0 atom stereocenters. The fraction of sp³-hybridized carbons (Fsp3) is 0.909. The quantitative estimate of drug-likeness (QED) is 0.716. The van der Waals surface area contributed by atoms with Crippen LogP contribution in [0.1, 0.15) is 19.3 Å². The van der Waals surface area contributed by atoms with Crippen LogP contribution in [0, 0.1) is 5.41 Å². The summed E-state index contributed by atoms with van der Waals surface area (Å²) in [6, 6.07) is 0. The molecule has 4 heteroatoms. The van der Waals surface area contributed by atoms with Crippen LogP contribution in [0.4, 0.5) is 0 Å². The number of likely N-dealkylation sites (N-methyl/N-ethyl adjacent to an activating group) is 1. The second-order valence-electron chi connectivity index (χ2n) is 4.19. The standard InChI is InChI=1S/C11H23N3O/c1-13(9-10-15-2)7-8-14-6-4-3-5-11(14)12/h12H,3-10H2,1-2H3. The lowest BCUT2D eigenvalue weighted by Gasteiger charge is -2.30. The third kappa shape index (κ3) is 4.62. The van der Waals surface area contributed by atoms with E-state index in [1.165, 1.54) is 12.8 Å². The normalized spacial score (nSPS) is 17.5. The Morgan fingerprint density at radius 1 is 1.40 bits per heavy atom. The van der Waals surface area contributed by atoms with Crippen LogP contribution < -0.4 is 0 Å². The van der Waals surface area contributed by atoms with Crippen molar-refractivity contribution in [3.05, 3.63) is 0 Å². The molecule has 15 heavy (non-hydrogen) atoms. The van der Waals surface area contributed by atoms with Gasteiger partial charge in [0, 0.05) is 39.7 Å². The molecule has 0 bridgehead atoms. The van der Waals surface area contributed by atoms with E-state index in [0.717, 1.165) is 45.0 Å². The molecule has 0 aromatic rings. The third-order valence-electron chi connectivity index (χ3n) is 2.90. The minimum atomic E-state index is 0.786. The van der Waals surface area contributed by atoms with Crippen molar-refractivity contribution in [2.24, 2.45) is 0 Å². The Morgan fingerprint density at radius 3 is 2.87 bits per heavy atom. The number of methoxy groups -OCH3 is 1. The summed E-state index contributed by atoms with van der Waals surface area (Å²) >= 11 is 0. The fourth-order valence-corrected chi connectivity index (χ4v) is 1.79. The summed E-state index contributed by atoms with van der Waals surface area (Å²) in [6.45, 7) is 4.83. The SMILES string of the molecule is COCCN(C)CCN1CCCCC1=N. The smallest absolute Gasteiger partial charge is 0.0958 e. The molecule has 1 aliphatic heterocycles. The number of nitrogens with one attached hydrogen (secondary N) is 1. The highest BCUT2D eigenvalue weighted by atomic mass is 16.5. The van der Waals surface area contributed by atoms with Gasteiger partial charge in [0.25, 0.3) is 0 Å². The maximum atomic E-state index is 7.81. The van der Waals surface area contributed by atoms with Crippen molar-refractivity contribution in [2.75, 3.05) is 46.9 Å². The van der Waals surface area contributed by atoms with E-state index in [4.69, 9.17) is 10.1 Å². The number of hydrogen-bond donors (Lipinski definition) is 1. The molecule has 0 unspecified atom stereocenters. The van der Waals surface area contributed by atoms with Crippen LogP contribution in [0.15, 0.2) is 0 Å². The molecule has 1 heterocycles. The van der Waals surface area contributed by atoms with Crippen molar-refractivity contribution in [3.63, 3.8) is 0 Å². The first-order chi connectivity index (χ1) is 7.24. The summed E-state index contributed by atoms with van der Waals surface area (Å²) in [5, 5.41) is 7.81. The summed E-state index contributed by atoms with van der Waals surface area (Å²) in [5.41, 5.74) is 0. The van der Waals surface area contributed by atoms with Gasteiger partial charge in [0.15, 0.2) is 0 Å². The largest absolute Gasteiger partial charge is 0.383 e. The van der Waals surface area contributed by atoms with E-state index >= 15 is 0 Å². The van der Waals surface area contributed by atoms with Gasteiger partial charge in [0.1, 0.15) is 0 Å². The Balaban J connectivity index is 2.14. The van der Waals surface area contributed by atoms with Gasteiger partial charge in [-0.05, 0) is 19.9 Å². The summed E-state index contributed by atoms with van der Waals surface area (Å²) < 4.78 is 5.03. The zero-order valence-corrected chi connectivity index (χ0v) is 9.96. The van der Waals surface area contributed by atoms with E-state index in [1.807, 2.05) is 0 Å². The molecule has 0 aromatic heterocycles. The van der Waals surface area contributed by atoms with Crippen molar-refractivity contribution in [3.8, 4) is 0 Å². The van der Waals surface area contributed by atoms with E-state index in [2.05, 4.69) is 16.8 Å². The molecule has 0 amide bonds. The average molecular weight is 213 g/mol. The molecular formula is C11H23N3O. The van der Waals surface area contributed by atoms with Gasteiger partial charge in [0.2, 0.25) is 0 Å². The Bertz CT molecular complexity index is 196. The maximum absolute atomic E-state index is 7.81. The highest BCUT2D eigenvalue weighted by Crippen LogP contribution is 2.10. The monoisotopic (exact) mass is 213 g/mol. The molecule has 4 nitrogen and oxygen atoms in total. The lowest BCUT2D eigenvalue weighted by molar-refractivity contribution is 0.156. The summed E-state index contributed by atoms with van der Waals surface area (Å²) in [5.74, 6) is 0.821. The van der Waals surface area contributed by atoms with Gasteiger partial charge < -0.3 is 14.5 Å². The zero-order chi connectivity index (χ0) is 11.1. The van der Waals surface area contributed by atoms with Crippen LogP contribution in [0.3, 0.4) is 0 Å². The Morgan fingerprint density at radius 2 is 2.20 bits per heavy atom. The van der Waals surface area contributed by atoms with Gasteiger partial charge in [-0.3, -0.25) is 5.41 Å². The number of nitrogens with zero attached hydrogens (tertiary/aromatic N) is 2. The molecule has 1 saturated heterocycles.